The van der Waals surface area contributed by atoms with Crippen LogP contribution >= 0.6 is 0 Å². The minimum Gasteiger partial charge on any atom is -0.481 e. The lowest BCUT2D eigenvalue weighted by atomic mass is 9.83. The van der Waals surface area contributed by atoms with Gasteiger partial charge in [0.1, 0.15) is 11.6 Å². The Morgan fingerprint density at radius 1 is 1.12 bits per heavy atom. The molecule has 1 fully saturated rings. The summed E-state index contributed by atoms with van der Waals surface area (Å²) < 4.78 is 25.5. The van der Waals surface area contributed by atoms with E-state index in [2.05, 4.69) is 15.0 Å². The Kier molecular flexibility index (Phi) is 6.96. The van der Waals surface area contributed by atoms with Crippen LogP contribution in [-0.4, -0.2) is 39.5 Å². The quantitative estimate of drug-likeness (QED) is 0.512. The molecule has 1 aliphatic carbocycles. The largest absolute Gasteiger partial charge is 0.481 e. The zero-order valence-electron chi connectivity index (χ0n) is 18.8. The monoisotopic (exact) mass is 454 g/mol. The van der Waals surface area contributed by atoms with Crippen LogP contribution in [-0.2, 0) is 11.2 Å². The standard InChI is InChI=1S/C24H27FN4O4/c1-32-22-13-23(33-2)28-21(27-22)12-20(30)19(10-15-6-4-3-5-7-15)29-14-26-18-9-8-16(25)11-17(18)24(29)31/h8-9,11,13-15,19H,3-7,10,12H2,1-2H3. The number of rotatable bonds is 8. The molecule has 0 amide bonds. The molecule has 0 aliphatic heterocycles. The van der Waals surface area contributed by atoms with Crippen LogP contribution in [0.25, 0.3) is 10.9 Å². The van der Waals surface area contributed by atoms with Crippen LogP contribution in [0.5, 0.6) is 11.8 Å². The Morgan fingerprint density at radius 2 is 1.82 bits per heavy atom. The van der Waals surface area contributed by atoms with Crippen molar-refractivity contribution in [2.75, 3.05) is 14.2 Å². The molecule has 0 bridgehead atoms. The fraction of sp³-hybridized carbons (Fsp3) is 0.458. The van der Waals surface area contributed by atoms with Gasteiger partial charge in [-0.2, -0.15) is 9.97 Å². The predicted octanol–water partition coefficient (Wildman–Crippen LogP) is 3.67. The molecule has 1 aliphatic rings. The van der Waals surface area contributed by atoms with Gasteiger partial charge < -0.3 is 9.47 Å². The molecule has 1 unspecified atom stereocenters. The van der Waals surface area contributed by atoms with Gasteiger partial charge in [-0.3, -0.25) is 14.2 Å². The van der Waals surface area contributed by atoms with Crippen molar-refractivity contribution in [3.63, 3.8) is 0 Å². The average Bonchev–Trinajstić information content (AvgIpc) is 2.83. The molecule has 174 valence electrons. The molecule has 0 radical (unpaired) electrons. The summed E-state index contributed by atoms with van der Waals surface area (Å²) in [6.45, 7) is 0. The van der Waals surface area contributed by atoms with Crippen molar-refractivity contribution >= 4 is 16.7 Å². The number of methoxy groups -OCH3 is 2. The molecule has 0 saturated heterocycles. The number of ether oxygens (including phenoxy) is 2. The summed E-state index contributed by atoms with van der Waals surface area (Å²) in [6.07, 6.45) is 7.23. The number of aromatic nitrogens is 4. The minimum atomic E-state index is -0.749. The van der Waals surface area contributed by atoms with Crippen molar-refractivity contribution in [1.29, 1.82) is 0 Å². The molecular formula is C24H27FN4O4. The van der Waals surface area contributed by atoms with Crippen molar-refractivity contribution in [2.24, 2.45) is 5.92 Å². The summed E-state index contributed by atoms with van der Waals surface area (Å²) in [6, 6.07) is 4.67. The summed E-state index contributed by atoms with van der Waals surface area (Å²) in [5, 5.41) is 0.151. The van der Waals surface area contributed by atoms with Crippen LogP contribution in [0.4, 0.5) is 4.39 Å². The van der Waals surface area contributed by atoms with Gasteiger partial charge in [0.25, 0.3) is 5.56 Å². The van der Waals surface area contributed by atoms with E-state index in [0.29, 0.717) is 17.9 Å². The molecule has 1 saturated carbocycles. The second kappa shape index (κ2) is 10.1. The third kappa shape index (κ3) is 5.18. The van der Waals surface area contributed by atoms with E-state index in [1.807, 2.05) is 0 Å². The number of benzene rings is 1. The lowest BCUT2D eigenvalue weighted by Gasteiger charge is -2.27. The van der Waals surface area contributed by atoms with E-state index in [9.17, 15) is 14.0 Å². The minimum absolute atomic E-state index is 0.0986. The van der Waals surface area contributed by atoms with Gasteiger partial charge in [-0.15, -0.1) is 0 Å². The van der Waals surface area contributed by atoms with Crippen LogP contribution in [0.15, 0.2) is 35.4 Å². The number of carbonyl (C=O) groups is 1. The van der Waals surface area contributed by atoms with Crippen molar-refractivity contribution < 1.29 is 18.7 Å². The third-order valence-corrected chi connectivity index (χ3v) is 6.21. The first kappa shape index (κ1) is 22.8. The second-order valence-corrected chi connectivity index (χ2v) is 8.39. The van der Waals surface area contributed by atoms with Gasteiger partial charge in [0.05, 0.1) is 50.0 Å². The predicted molar refractivity (Wildman–Crippen MR) is 120 cm³/mol. The molecule has 0 N–H and O–H groups in total. The van der Waals surface area contributed by atoms with Crippen molar-refractivity contribution in [3.8, 4) is 11.8 Å². The summed E-state index contributed by atoms with van der Waals surface area (Å²) in [5.74, 6) is 0.407. The summed E-state index contributed by atoms with van der Waals surface area (Å²) in [4.78, 5) is 39.6. The van der Waals surface area contributed by atoms with Crippen LogP contribution in [0.3, 0.4) is 0 Å². The molecule has 8 nitrogen and oxygen atoms in total. The third-order valence-electron chi connectivity index (χ3n) is 6.21. The number of hydrogen-bond acceptors (Lipinski definition) is 7. The Morgan fingerprint density at radius 3 is 2.48 bits per heavy atom. The lowest BCUT2D eigenvalue weighted by Crippen LogP contribution is -2.33. The van der Waals surface area contributed by atoms with Crippen molar-refractivity contribution in [3.05, 3.63) is 52.6 Å². The molecular weight excluding hydrogens is 427 g/mol. The number of halogens is 1. The highest BCUT2D eigenvalue weighted by molar-refractivity contribution is 5.85. The molecule has 2 heterocycles. The Labute approximate surface area is 190 Å². The molecule has 1 aromatic carbocycles. The maximum absolute atomic E-state index is 13.8. The normalized spacial score (nSPS) is 15.4. The van der Waals surface area contributed by atoms with E-state index in [0.717, 1.165) is 25.7 Å². The molecule has 4 rings (SSSR count). The molecule has 2 aromatic heterocycles. The van der Waals surface area contributed by atoms with Gasteiger partial charge in [0.2, 0.25) is 11.8 Å². The SMILES string of the molecule is COc1cc(OC)nc(CC(=O)C(CC2CCCCC2)n2cnc3ccc(F)cc3c2=O)n1. The highest BCUT2D eigenvalue weighted by Crippen LogP contribution is 2.31. The van der Waals surface area contributed by atoms with Crippen LogP contribution in [0.1, 0.15) is 50.4 Å². The van der Waals surface area contributed by atoms with E-state index in [1.54, 1.807) is 0 Å². The number of ketones is 1. The highest BCUT2D eigenvalue weighted by Gasteiger charge is 2.28. The Bertz CT molecular complexity index is 1180. The van der Waals surface area contributed by atoms with Crippen LogP contribution in [0, 0.1) is 11.7 Å². The molecule has 9 heteroatoms. The second-order valence-electron chi connectivity index (χ2n) is 8.39. The summed E-state index contributed by atoms with van der Waals surface area (Å²) in [5.41, 5.74) is -0.0415. The van der Waals surface area contributed by atoms with Gasteiger partial charge in [-0.25, -0.2) is 9.37 Å². The van der Waals surface area contributed by atoms with E-state index >= 15 is 0 Å². The molecule has 33 heavy (non-hydrogen) atoms. The Hall–Kier alpha value is -3.36. The van der Waals surface area contributed by atoms with E-state index in [1.165, 1.54) is 55.8 Å². The maximum Gasteiger partial charge on any atom is 0.261 e. The average molecular weight is 455 g/mol. The number of nitrogens with zero attached hydrogens (tertiary/aromatic N) is 4. The first-order valence-electron chi connectivity index (χ1n) is 11.1. The highest BCUT2D eigenvalue weighted by atomic mass is 19.1. The van der Waals surface area contributed by atoms with Gasteiger partial charge >= 0.3 is 0 Å². The number of hydrogen-bond donors (Lipinski definition) is 0. The zero-order chi connectivity index (χ0) is 23.4. The van der Waals surface area contributed by atoms with E-state index in [-0.39, 0.29) is 35.2 Å². The molecule has 3 aromatic rings. The fourth-order valence-electron chi connectivity index (χ4n) is 4.48. The molecule has 0 spiro atoms. The lowest BCUT2D eigenvalue weighted by molar-refractivity contribution is -0.122. The smallest absolute Gasteiger partial charge is 0.261 e. The Balaban J connectivity index is 1.71. The van der Waals surface area contributed by atoms with E-state index < -0.39 is 17.4 Å². The van der Waals surface area contributed by atoms with Crippen molar-refractivity contribution in [1.82, 2.24) is 19.5 Å². The van der Waals surface area contributed by atoms with Gasteiger partial charge in [-0.05, 0) is 30.5 Å². The first-order valence-corrected chi connectivity index (χ1v) is 11.1. The zero-order valence-corrected chi connectivity index (χ0v) is 18.8. The summed E-state index contributed by atoms with van der Waals surface area (Å²) in [7, 11) is 2.94. The topological polar surface area (TPSA) is 96.2 Å². The number of Topliss-reactive ketones (excluding diaryl/α,β-unsaturated/α-hetero) is 1. The van der Waals surface area contributed by atoms with Gasteiger partial charge in [0, 0.05) is 0 Å². The van der Waals surface area contributed by atoms with Crippen molar-refractivity contribution in [2.45, 2.75) is 51.0 Å². The maximum atomic E-state index is 13.8. The molecule has 1 atom stereocenters. The number of carbonyl (C=O) groups excluding carboxylic acids is 1. The summed E-state index contributed by atoms with van der Waals surface area (Å²) >= 11 is 0. The van der Waals surface area contributed by atoms with Crippen LogP contribution < -0.4 is 15.0 Å². The van der Waals surface area contributed by atoms with Gasteiger partial charge in [0.15, 0.2) is 5.78 Å². The first-order chi connectivity index (χ1) is 16.0. The van der Waals surface area contributed by atoms with Crippen LogP contribution in [0.2, 0.25) is 0 Å². The van der Waals surface area contributed by atoms with Gasteiger partial charge in [-0.1, -0.05) is 32.1 Å². The fourth-order valence-corrected chi connectivity index (χ4v) is 4.48. The van der Waals surface area contributed by atoms with E-state index in [4.69, 9.17) is 9.47 Å². The number of fused-ring (bicyclic) bond motifs is 1.